The van der Waals surface area contributed by atoms with Crippen LogP contribution in [0.2, 0.25) is 0 Å². The summed E-state index contributed by atoms with van der Waals surface area (Å²) in [6.45, 7) is 5.92. The number of hydrogen-bond acceptors (Lipinski definition) is 7. The lowest BCUT2D eigenvalue weighted by Crippen LogP contribution is -2.44. The van der Waals surface area contributed by atoms with E-state index in [9.17, 15) is 24.6 Å². The van der Waals surface area contributed by atoms with Gasteiger partial charge in [-0.05, 0) is 86.3 Å². The molecular weight excluding hydrogens is 498 g/mol. The third-order valence-electron chi connectivity index (χ3n) is 9.35. The van der Waals surface area contributed by atoms with E-state index in [2.05, 4.69) is 19.2 Å². The molecule has 7 rings (SSSR count). The van der Waals surface area contributed by atoms with Crippen LogP contribution in [0.25, 0.3) is 22.3 Å². The molecule has 0 saturated heterocycles. The van der Waals surface area contributed by atoms with Gasteiger partial charge in [-0.1, -0.05) is 6.92 Å². The highest BCUT2D eigenvalue weighted by molar-refractivity contribution is 5.94. The monoisotopic (exact) mass is 529 g/mol. The molecule has 2 aromatic heterocycles. The molecular formula is C30H31N3O6. The number of benzene rings is 1. The van der Waals surface area contributed by atoms with Crippen molar-refractivity contribution in [1.29, 1.82) is 0 Å². The summed E-state index contributed by atoms with van der Waals surface area (Å²) >= 11 is 0. The van der Waals surface area contributed by atoms with Gasteiger partial charge in [-0.25, -0.2) is 9.78 Å². The van der Waals surface area contributed by atoms with Crippen LogP contribution in [0.15, 0.2) is 16.9 Å². The largest absolute Gasteiger partial charge is 0.458 e. The van der Waals surface area contributed by atoms with Crippen LogP contribution in [0, 0.1) is 19.8 Å². The second kappa shape index (κ2) is 8.22. The molecule has 3 atom stereocenters. The van der Waals surface area contributed by atoms with E-state index in [4.69, 9.17) is 9.72 Å². The normalized spacial score (nSPS) is 23.6. The molecule has 4 heterocycles. The van der Waals surface area contributed by atoms with Gasteiger partial charge in [-0.2, -0.15) is 0 Å². The first-order valence-corrected chi connectivity index (χ1v) is 13.7. The fraction of sp³-hybridized carbons (Fsp3) is 0.467. The van der Waals surface area contributed by atoms with Crippen molar-refractivity contribution in [1.82, 2.24) is 14.9 Å². The van der Waals surface area contributed by atoms with E-state index in [0.29, 0.717) is 17.8 Å². The Morgan fingerprint density at radius 2 is 1.97 bits per heavy atom. The molecule has 3 N–H and O–H groups in total. The Balaban J connectivity index is 1.46. The van der Waals surface area contributed by atoms with Crippen molar-refractivity contribution in [2.75, 3.05) is 0 Å². The number of esters is 1. The minimum atomic E-state index is -1.90. The Kier molecular flexibility index (Phi) is 5.16. The smallest absolute Gasteiger partial charge is 0.343 e. The number of hydrogen-bond donors (Lipinski definition) is 3. The van der Waals surface area contributed by atoms with E-state index in [-0.39, 0.29) is 54.1 Å². The van der Waals surface area contributed by atoms with Crippen LogP contribution in [0.3, 0.4) is 0 Å². The maximum Gasteiger partial charge on any atom is 0.343 e. The summed E-state index contributed by atoms with van der Waals surface area (Å²) in [5.41, 5.74) is 5.59. The molecule has 0 bridgehead atoms. The predicted octanol–water partition coefficient (Wildman–Crippen LogP) is 2.57. The number of nitrogens with zero attached hydrogens (tertiary/aromatic N) is 2. The molecule has 0 spiro atoms. The predicted molar refractivity (Wildman–Crippen MR) is 142 cm³/mol. The molecule has 3 aromatic rings. The molecule has 9 nitrogen and oxygen atoms in total. The second-order valence-electron chi connectivity index (χ2n) is 11.5. The van der Waals surface area contributed by atoms with Crippen molar-refractivity contribution >= 4 is 22.8 Å². The molecule has 1 saturated carbocycles. The zero-order valence-corrected chi connectivity index (χ0v) is 22.3. The number of pyridine rings is 2. The van der Waals surface area contributed by atoms with Gasteiger partial charge < -0.3 is 24.8 Å². The number of aliphatic hydroxyl groups is 2. The Hall–Kier alpha value is -3.56. The van der Waals surface area contributed by atoms with Gasteiger partial charge in [0.25, 0.3) is 5.56 Å². The Morgan fingerprint density at radius 1 is 1.21 bits per heavy atom. The SMILES string of the molecule is CC[C@@]1(O)C(=O)OCc2c1cc1n(c2=O)Cc2c-1nc1cc(C)c(C)c3c1c2[C@@H](NC(=O)[C@H](O)C1CC1)CC3. The van der Waals surface area contributed by atoms with Crippen LogP contribution in [-0.4, -0.2) is 37.7 Å². The maximum atomic E-state index is 13.7. The number of carbonyl (C=O) groups is 2. The lowest BCUT2D eigenvalue weighted by molar-refractivity contribution is -0.172. The Labute approximate surface area is 224 Å². The maximum absolute atomic E-state index is 13.7. The molecule has 9 heteroatoms. The lowest BCUT2D eigenvalue weighted by Gasteiger charge is -2.31. The standard InChI is InChI=1S/C30H31N3O6/c1-4-30(38)19-10-22-25-17(11-33(22)28(36)18(19)12-39-29(30)37)24-20(32-27(35)26(34)15-5-6-15)8-7-16-14(3)13(2)9-21(31-25)23(16)24/h9-10,15,20,26,34,38H,4-8,11-12H2,1-3H3,(H,32,35)/t20-,26+,30-/m0/s1. The van der Waals surface area contributed by atoms with E-state index in [0.717, 1.165) is 46.9 Å². The molecule has 1 aromatic carbocycles. The van der Waals surface area contributed by atoms with E-state index >= 15 is 0 Å². The van der Waals surface area contributed by atoms with Gasteiger partial charge in [-0.3, -0.25) is 9.59 Å². The highest BCUT2D eigenvalue weighted by Crippen LogP contribution is 2.46. The summed E-state index contributed by atoms with van der Waals surface area (Å²) in [5.74, 6) is -1.10. The molecule has 0 radical (unpaired) electrons. The zero-order valence-electron chi connectivity index (χ0n) is 22.3. The molecule has 2 aliphatic heterocycles. The van der Waals surface area contributed by atoms with Crippen molar-refractivity contribution in [3.05, 3.63) is 61.4 Å². The summed E-state index contributed by atoms with van der Waals surface area (Å²) in [6, 6.07) is 3.42. The highest BCUT2D eigenvalue weighted by atomic mass is 16.6. The van der Waals surface area contributed by atoms with Crippen LogP contribution in [-0.2, 0) is 39.5 Å². The summed E-state index contributed by atoms with van der Waals surface area (Å²) in [5, 5.41) is 25.9. The summed E-state index contributed by atoms with van der Waals surface area (Å²) in [4.78, 5) is 44.4. The topological polar surface area (TPSA) is 131 Å². The lowest BCUT2D eigenvalue weighted by atomic mass is 9.80. The second-order valence-corrected chi connectivity index (χ2v) is 11.5. The Morgan fingerprint density at radius 3 is 2.69 bits per heavy atom. The first kappa shape index (κ1) is 24.5. The fourth-order valence-corrected chi connectivity index (χ4v) is 6.76. The number of carbonyl (C=O) groups excluding carboxylic acids is 2. The third-order valence-corrected chi connectivity index (χ3v) is 9.35. The molecule has 1 fully saturated rings. The van der Waals surface area contributed by atoms with Gasteiger partial charge in [0, 0.05) is 16.5 Å². The van der Waals surface area contributed by atoms with Gasteiger partial charge >= 0.3 is 5.97 Å². The van der Waals surface area contributed by atoms with Crippen LogP contribution < -0.4 is 10.9 Å². The van der Waals surface area contributed by atoms with E-state index in [1.54, 1.807) is 17.6 Å². The van der Waals surface area contributed by atoms with Crippen molar-refractivity contribution in [2.24, 2.45) is 5.92 Å². The van der Waals surface area contributed by atoms with Gasteiger partial charge in [0.2, 0.25) is 5.91 Å². The van der Waals surface area contributed by atoms with Crippen molar-refractivity contribution in [3.63, 3.8) is 0 Å². The number of aromatic nitrogens is 2. The first-order chi connectivity index (χ1) is 18.6. The average Bonchev–Trinajstić information content (AvgIpc) is 3.71. The number of nitrogens with one attached hydrogen (secondary N) is 1. The van der Waals surface area contributed by atoms with Gasteiger partial charge in [-0.15, -0.1) is 0 Å². The average molecular weight is 530 g/mol. The number of aryl methyl sites for hydroxylation is 2. The zero-order chi connectivity index (χ0) is 27.4. The van der Waals surface area contributed by atoms with E-state index in [1.165, 1.54) is 11.1 Å². The quantitative estimate of drug-likeness (QED) is 0.346. The number of ether oxygens (including phenoxy) is 1. The summed E-state index contributed by atoms with van der Waals surface area (Å²) < 4.78 is 6.84. The molecule has 39 heavy (non-hydrogen) atoms. The molecule has 4 aliphatic rings. The first-order valence-electron chi connectivity index (χ1n) is 13.7. The fourth-order valence-electron chi connectivity index (χ4n) is 6.76. The van der Waals surface area contributed by atoms with E-state index < -0.39 is 17.7 Å². The summed E-state index contributed by atoms with van der Waals surface area (Å²) in [6.07, 6.45) is 2.21. The van der Waals surface area contributed by atoms with Crippen LogP contribution in [0.1, 0.15) is 77.6 Å². The third kappa shape index (κ3) is 3.32. The number of rotatable bonds is 4. The van der Waals surface area contributed by atoms with Crippen molar-refractivity contribution in [2.45, 2.75) is 83.8 Å². The van der Waals surface area contributed by atoms with Gasteiger partial charge in [0.1, 0.15) is 12.7 Å². The minimum Gasteiger partial charge on any atom is -0.458 e. The van der Waals surface area contributed by atoms with Crippen LogP contribution in [0.4, 0.5) is 0 Å². The van der Waals surface area contributed by atoms with Crippen molar-refractivity contribution < 1.29 is 24.5 Å². The van der Waals surface area contributed by atoms with Gasteiger partial charge in [0.15, 0.2) is 5.60 Å². The molecule has 202 valence electrons. The molecule has 0 unspecified atom stereocenters. The van der Waals surface area contributed by atoms with Gasteiger partial charge in [0.05, 0.1) is 35.1 Å². The number of amides is 1. The van der Waals surface area contributed by atoms with Crippen LogP contribution in [0.5, 0.6) is 0 Å². The van der Waals surface area contributed by atoms with Crippen LogP contribution >= 0.6 is 0 Å². The highest BCUT2D eigenvalue weighted by Gasteiger charge is 2.46. The van der Waals surface area contributed by atoms with E-state index in [1.807, 2.05) is 6.07 Å². The molecule has 2 aliphatic carbocycles. The number of cyclic esters (lactones) is 1. The minimum absolute atomic E-state index is 0.0188. The number of aliphatic hydroxyl groups excluding tert-OH is 1. The molecule has 1 amide bonds. The summed E-state index contributed by atoms with van der Waals surface area (Å²) in [7, 11) is 0. The Bertz CT molecular complexity index is 1690. The number of fused-ring (bicyclic) bond motifs is 5. The van der Waals surface area contributed by atoms with Crippen molar-refractivity contribution in [3.8, 4) is 11.4 Å².